The van der Waals surface area contributed by atoms with E-state index in [4.69, 9.17) is 0 Å². The Labute approximate surface area is 71.7 Å². The molecule has 0 unspecified atom stereocenters. The molecular weight excluding hydrogens is 150 g/mol. The van der Waals surface area contributed by atoms with Gasteiger partial charge in [-0.05, 0) is 18.6 Å². The van der Waals surface area contributed by atoms with Crippen LogP contribution >= 0.6 is 0 Å². The van der Waals surface area contributed by atoms with E-state index in [0.717, 1.165) is 12.4 Å². The van der Waals surface area contributed by atoms with Crippen molar-refractivity contribution in [3.8, 4) is 0 Å². The summed E-state index contributed by atoms with van der Waals surface area (Å²) >= 11 is 0. The third-order valence-corrected chi connectivity index (χ3v) is 1.78. The SMILES string of the molecule is Cc1ccc(N2C=CCN2)nc1. The first-order chi connectivity index (χ1) is 5.86. The van der Waals surface area contributed by atoms with E-state index in [2.05, 4.69) is 22.6 Å². The minimum Gasteiger partial charge on any atom is -0.267 e. The zero-order chi connectivity index (χ0) is 8.39. The van der Waals surface area contributed by atoms with Gasteiger partial charge in [0.25, 0.3) is 0 Å². The Bertz CT molecular complexity index is 289. The monoisotopic (exact) mass is 161 g/mol. The van der Waals surface area contributed by atoms with Gasteiger partial charge in [-0.2, -0.15) is 0 Å². The van der Waals surface area contributed by atoms with Crippen molar-refractivity contribution in [1.82, 2.24) is 10.4 Å². The number of hydrogen-bond acceptors (Lipinski definition) is 3. The molecule has 0 fully saturated rings. The summed E-state index contributed by atoms with van der Waals surface area (Å²) in [6.07, 6.45) is 5.91. The molecule has 62 valence electrons. The molecule has 0 bridgehead atoms. The fourth-order valence-electron chi connectivity index (χ4n) is 1.12. The molecule has 0 atom stereocenters. The molecule has 0 saturated carbocycles. The Morgan fingerprint density at radius 2 is 2.42 bits per heavy atom. The first-order valence-corrected chi connectivity index (χ1v) is 3.98. The highest BCUT2D eigenvalue weighted by Gasteiger charge is 2.05. The van der Waals surface area contributed by atoms with Crippen LogP contribution in [-0.2, 0) is 0 Å². The minimum atomic E-state index is 0.884. The van der Waals surface area contributed by atoms with E-state index in [0.29, 0.717) is 0 Å². The van der Waals surface area contributed by atoms with Crippen LogP contribution in [0.3, 0.4) is 0 Å². The predicted molar refractivity (Wildman–Crippen MR) is 48.6 cm³/mol. The van der Waals surface area contributed by atoms with Gasteiger partial charge in [0.15, 0.2) is 0 Å². The van der Waals surface area contributed by atoms with Gasteiger partial charge in [0, 0.05) is 18.9 Å². The Morgan fingerprint density at radius 1 is 1.50 bits per heavy atom. The van der Waals surface area contributed by atoms with E-state index in [1.165, 1.54) is 5.56 Å². The van der Waals surface area contributed by atoms with Crippen molar-refractivity contribution in [2.24, 2.45) is 0 Å². The van der Waals surface area contributed by atoms with E-state index in [9.17, 15) is 0 Å². The fourth-order valence-corrected chi connectivity index (χ4v) is 1.12. The second kappa shape index (κ2) is 2.95. The number of hydrogen-bond donors (Lipinski definition) is 1. The van der Waals surface area contributed by atoms with Gasteiger partial charge in [-0.15, -0.1) is 0 Å². The standard InChI is InChI=1S/C9H11N3/c1-8-3-4-9(10-7-8)12-6-2-5-11-12/h2-4,6-7,11H,5H2,1H3. The van der Waals surface area contributed by atoms with Crippen molar-refractivity contribution < 1.29 is 0 Å². The number of aryl methyl sites for hydroxylation is 1. The summed E-state index contributed by atoms with van der Waals surface area (Å²) < 4.78 is 0. The quantitative estimate of drug-likeness (QED) is 0.671. The molecular formula is C9H11N3. The lowest BCUT2D eigenvalue weighted by molar-refractivity contribution is 0.800. The average molecular weight is 161 g/mol. The van der Waals surface area contributed by atoms with Gasteiger partial charge in [-0.3, -0.25) is 5.01 Å². The van der Waals surface area contributed by atoms with Gasteiger partial charge in [-0.1, -0.05) is 12.1 Å². The Kier molecular flexibility index (Phi) is 1.80. The molecule has 1 aliphatic heterocycles. The maximum absolute atomic E-state index is 4.27. The molecule has 0 radical (unpaired) electrons. The lowest BCUT2D eigenvalue weighted by atomic mass is 10.3. The number of anilines is 1. The van der Waals surface area contributed by atoms with Gasteiger partial charge in [0.05, 0.1) is 0 Å². The van der Waals surface area contributed by atoms with Crippen LogP contribution < -0.4 is 10.4 Å². The number of nitrogens with one attached hydrogen (secondary N) is 1. The Hall–Kier alpha value is -1.35. The van der Waals surface area contributed by atoms with E-state index in [-0.39, 0.29) is 0 Å². The van der Waals surface area contributed by atoms with Crippen molar-refractivity contribution in [3.63, 3.8) is 0 Å². The summed E-state index contributed by atoms with van der Waals surface area (Å²) in [6.45, 7) is 2.92. The molecule has 12 heavy (non-hydrogen) atoms. The van der Waals surface area contributed by atoms with Gasteiger partial charge in [-0.25, -0.2) is 10.4 Å². The molecule has 1 aromatic heterocycles. The maximum Gasteiger partial charge on any atom is 0.146 e. The van der Waals surface area contributed by atoms with E-state index in [1.54, 1.807) is 0 Å². The number of nitrogens with zero attached hydrogens (tertiary/aromatic N) is 2. The third-order valence-electron chi connectivity index (χ3n) is 1.78. The molecule has 1 N–H and O–H groups in total. The van der Waals surface area contributed by atoms with Crippen molar-refractivity contribution in [3.05, 3.63) is 36.2 Å². The normalized spacial score (nSPS) is 15.6. The highest BCUT2D eigenvalue weighted by Crippen LogP contribution is 2.10. The van der Waals surface area contributed by atoms with Crippen molar-refractivity contribution in [1.29, 1.82) is 0 Å². The van der Waals surface area contributed by atoms with E-state index in [1.807, 2.05) is 30.4 Å². The number of hydrazine groups is 1. The molecule has 2 rings (SSSR count). The van der Waals surface area contributed by atoms with Crippen molar-refractivity contribution in [2.45, 2.75) is 6.92 Å². The molecule has 2 heterocycles. The van der Waals surface area contributed by atoms with Crippen LogP contribution in [0.2, 0.25) is 0 Å². The van der Waals surface area contributed by atoms with Gasteiger partial charge in [0.2, 0.25) is 0 Å². The predicted octanol–water partition coefficient (Wildman–Crippen LogP) is 1.23. The summed E-state index contributed by atoms with van der Waals surface area (Å²) in [7, 11) is 0. The lowest BCUT2D eigenvalue weighted by Gasteiger charge is -2.14. The van der Waals surface area contributed by atoms with Crippen LogP contribution in [0.1, 0.15) is 5.56 Å². The topological polar surface area (TPSA) is 28.2 Å². The molecule has 0 spiro atoms. The van der Waals surface area contributed by atoms with Crippen LogP contribution in [0, 0.1) is 6.92 Å². The Balaban J connectivity index is 2.23. The van der Waals surface area contributed by atoms with E-state index < -0.39 is 0 Å². The van der Waals surface area contributed by atoms with Gasteiger partial charge >= 0.3 is 0 Å². The second-order valence-electron chi connectivity index (χ2n) is 2.81. The largest absolute Gasteiger partial charge is 0.267 e. The highest BCUT2D eigenvalue weighted by molar-refractivity contribution is 5.42. The van der Waals surface area contributed by atoms with Crippen molar-refractivity contribution in [2.75, 3.05) is 11.6 Å². The highest BCUT2D eigenvalue weighted by atomic mass is 15.5. The lowest BCUT2D eigenvalue weighted by Crippen LogP contribution is -2.28. The summed E-state index contributed by atoms with van der Waals surface area (Å²) in [4.78, 5) is 4.27. The summed E-state index contributed by atoms with van der Waals surface area (Å²) in [5.41, 5.74) is 4.33. The van der Waals surface area contributed by atoms with Crippen LogP contribution in [-0.4, -0.2) is 11.5 Å². The molecule has 0 saturated heterocycles. The average Bonchev–Trinajstić information content (AvgIpc) is 2.58. The summed E-state index contributed by atoms with van der Waals surface area (Å²) in [5.74, 6) is 0.939. The summed E-state index contributed by atoms with van der Waals surface area (Å²) in [5, 5.41) is 1.92. The summed E-state index contributed by atoms with van der Waals surface area (Å²) in [6, 6.07) is 4.05. The first kappa shape index (κ1) is 7.31. The molecule has 0 aromatic carbocycles. The maximum atomic E-state index is 4.27. The molecule has 0 aliphatic carbocycles. The molecule has 3 heteroatoms. The van der Waals surface area contributed by atoms with Crippen LogP contribution in [0.5, 0.6) is 0 Å². The van der Waals surface area contributed by atoms with Gasteiger partial charge in [0.1, 0.15) is 5.82 Å². The van der Waals surface area contributed by atoms with Crippen LogP contribution in [0.25, 0.3) is 0 Å². The third kappa shape index (κ3) is 1.31. The number of pyridine rings is 1. The van der Waals surface area contributed by atoms with Crippen LogP contribution in [0.15, 0.2) is 30.6 Å². The molecule has 3 nitrogen and oxygen atoms in total. The van der Waals surface area contributed by atoms with Gasteiger partial charge < -0.3 is 0 Å². The zero-order valence-corrected chi connectivity index (χ0v) is 6.99. The smallest absolute Gasteiger partial charge is 0.146 e. The number of aromatic nitrogens is 1. The first-order valence-electron chi connectivity index (χ1n) is 3.98. The van der Waals surface area contributed by atoms with Crippen LogP contribution in [0.4, 0.5) is 5.82 Å². The molecule has 1 aromatic rings. The van der Waals surface area contributed by atoms with Crippen molar-refractivity contribution >= 4 is 5.82 Å². The number of rotatable bonds is 1. The minimum absolute atomic E-state index is 0.884. The zero-order valence-electron chi connectivity index (χ0n) is 6.99. The molecule has 1 aliphatic rings. The Morgan fingerprint density at radius 3 is 3.00 bits per heavy atom. The molecule has 0 amide bonds. The second-order valence-corrected chi connectivity index (χ2v) is 2.81. The van der Waals surface area contributed by atoms with E-state index >= 15 is 0 Å². The fraction of sp³-hybridized carbons (Fsp3) is 0.222.